The van der Waals surface area contributed by atoms with Gasteiger partial charge in [-0.1, -0.05) is 63.2 Å². The van der Waals surface area contributed by atoms with Crippen molar-refractivity contribution in [3.63, 3.8) is 0 Å². The first-order chi connectivity index (χ1) is 14.4. The maximum Gasteiger partial charge on any atom is 0.261 e. The molecule has 5 heteroatoms. The maximum atomic E-state index is 13.1. The predicted molar refractivity (Wildman–Crippen MR) is 125 cm³/mol. The summed E-state index contributed by atoms with van der Waals surface area (Å²) in [6.07, 6.45) is 0. The molecule has 0 aromatic heterocycles. The number of hydrogen-bond acceptors (Lipinski definition) is 3. The molecule has 0 radical (unpaired) electrons. The monoisotopic (exact) mass is 424 g/mol. The van der Waals surface area contributed by atoms with Crippen molar-refractivity contribution in [1.29, 1.82) is 0 Å². The molecular weight excluding hydrogens is 388 g/mol. The van der Waals surface area contributed by atoms with E-state index < -0.39 is 6.04 Å². The molecule has 0 unspecified atom stereocenters. The topological polar surface area (TPSA) is 58.6 Å². The fourth-order valence-electron chi connectivity index (χ4n) is 3.12. The van der Waals surface area contributed by atoms with Crippen LogP contribution in [0.2, 0.25) is 0 Å². The minimum atomic E-state index is -0.626. The van der Waals surface area contributed by atoms with Crippen molar-refractivity contribution in [3.8, 4) is 5.75 Å². The van der Waals surface area contributed by atoms with E-state index in [1.165, 1.54) is 5.56 Å². The van der Waals surface area contributed by atoms with Crippen LogP contribution in [0, 0.1) is 0 Å². The number of rotatable bonds is 7. The van der Waals surface area contributed by atoms with Gasteiger partial charge in [-0.15, -0.1) is 0 Å². The minimum absolute atomic E-state index is 0.0523. The third kappa shape index (κ3) is 7.74. The van der Waals surface area contributed by atoms with Gasteiger partial charge < -0.3 is 15.0 Å². The van der Waals surface area contributed by atoms with Crippen molar-refractivity contribution < 1.29 is 14.3 Å². The van der Waals surface area contributed by atoms with Crippen molar-refractivity contribution in [3.05, 3.63) is 65.7 Å². The zero-order valence-electron chi connectivity index (χ0n) is 19.9. The van der Waals surface area contributed by atoms with Crippen LogP contribution >= 0.6 is 0 Å². The lowest BCUT2D eigenvalue weighted by molar-refractivity contribution is -0.142. The number of benzene rings is 2. The molecule has 1 N–H and O–H groups in total. The van der Waals surface area contributed by atoms with Crippen molar-refractivity contribution >= 4 is 11.8 Å². The van der Waals surface area contributed by atoms with E-state index in [0.29, 0.717) is 12.3 Å². The quantitative estimate of drug-likeness (QED) is 0.701. The predicted octanol–water partition coefficient (Wildman–Crippen LogP) is 4.69. The fourth-order valence-corrected chi connectivity index (χ4v) is 3.12. The van der Waals surface area contributed by atoms with E-state index in [1.807, 2.05) is 75.4 Å². The molecule has 0 saturated carbocycles. The zero-order chi connectivity index (χ0) is 23.2. The van der Waals surface area contributed by atoms with Crippen LogP contribution in [0.25, 0.3) is 0 Å². The van der Waals surface area contributed by atoms with Crippen LogP contribution in [0.3, 0.4) is 0 Å². The molecule has 0 bridgehead atoms. The van der Waals surface area contributed by atoms with E-state index in [-0.39, 0.29) is 29.4 Å². The number of ether oxygens (including phenoxy) is 1. The second-order valence-corrected chi connectivity index (χ2v) is 9.99. The summed E-state index contributed by atoms with van der Waals surface area (Å²) in [4.78, 5) is 27.4. The Labute approximate surface area is 186 Å². The molecule has 0 fully saturated rings. The Hall–Kier alpha value is -2.82. The van der Waals surface area contributed by atoms with Crippen molar-refractivity contribution in [2.45, 2.75) is 72.0 Å². The number of hydrogen-bond donors (Lipinski definition) is 1. The summed E-state index contributed by atoms with van der Waals surface area (Å²) >= 11 is 0. The molecule has 168 valence electrons. The van der Waals surface area contributed by atoms with Gasteiger partial charge in [0.15, 0.2) is 6.61 Å². The Morgan fingerprint density at radius 2 is 1.52 bits per heavy atom. The molecule has 2 aromatic rings. The molecule has 0 aliphatic heterocycles. The van der Waals surface area contributed by atoms with Crippen LogP contribution in [-0.4, -0.2) is 34.9 Å². The van der Waals surface area contributed by atoms with Crippen LogP contribution in [0.15, 0.2) is 54.6 Å². The van der Waals surface area contributed by atoms with E-state index in [4.69, 9.17) is 4.74 Å². The molecule has 1 atom stereocenters. The van der Waals surface area contributed by atoms with Gasteiger partial charge in [-0.2, -0.15) is 0 Å². The highest BCUT2D eigenvalue weighted by Crippen LogP contribution is 2.24. The number of carbonyl (C=O) groups is 2. The third-order valence-electron chi connectivity index (χ3n) is 4.94. The van der Waals surface area contributed by atoms with Gasteiger partial charge in [0.2, 0.25) is 5.91 Å². The Bertz CT molecular complexity index is 862. The fraction of sp³-hybridized carbons (Fsp3) is 0.462. The van der Waals surface area contributed by atoms with Gasteiger partial charge in [-0.25, -0.2) is 0 Å². The summed E-state index contributed by atoms with van der Waals surface area (Å²) in [5.74, 6) is 0.208. The Morgan fingerprint density at radius 3 is 2.03 bits per heavy atom. The lowest BCUT2D eigenvalue weighted by Crippen LogP contribution is -2.53. The molecule has 2 amide bonds. The van der Waals surface area contributed by atoms with Crippen molar-refractivity contribution in [2.75, 3.05) is 6.61 Å². The van der Waals surface area contributed by atoms with Gasteiger partial charge in [-0.3, -0.25) is 9.59 Å². The van der Waals surface area contributed by atoms with Crippen molar-refractivity contribution in [1.82, 2.24) is 10.2 Å². The highest BCUT2D eigenvalue weighted by atomic mass is 16.5. The van der Waals surface area contributed by atoms with E-state index in [1.54, 1.807) is 11.8 Å². The summed E-state index contributed by atoms with van der Waals surface area (Å²) < 4.78 is 5.76. The van der Waals surface area contributed by atoms with E-state index in [9.17, 15) is 9.59 Å². The molecule has 2 aromatic carbocycles. The van der Waals surface area contributed by atoms with Crippen LogP contribution in [0.1, 0.15) is 59.6 Å². The second kappa shape index (κ2) is 9.99. The molecule has 0 saturated heterocycles. The van der Waals surface area contributed by atoms with Crippen LogP contribution in [-0.2, 0) is 21.5 Å². The van der Waals surface area contributed by atoms with Gasteiger partial charge in [0, 0.05) is 12.1 Å². The molecule has 5 nitrogen and oxygen atoms in total. The minimum Gasteiger partial charge on any atom is -0.484 e. The standard InChI is InChI=1S/C26H36N2O3/c1-19(24(30)27-26(5,6)7)28(17-20-11-9-8-10-12-20)23(29)18-31-22-15-13-21(14-16-22)25(2,3)4/h8-16,19H,17-18H2,1-7H3,(H,27,30)/t19-/m1/s1. The summed E-state index contributed by atoms with van der Waals surface area (Å²) in [6, 6.07) is 16.8. The molecule has 2 rings (SSSR count). The zero-order valence-corrected chi connectivity index (χ0v) is 19.9. The lowest BCUT2D eigenvalue weighted by atomic mass is 9.87. The first-order valence-electron chi connectivity index (χ1n) is 10.8. The molecule has 0 spiro atoms. The third-order valence-corrected chi connectivity index (χ3v) is 4.94. The smallest absolute Gasteiger partial charge is 0.261 e. The number of amides is 2. The molecule has 31 heavy (non-hydrogen) atoms. The van der Waals surface area contributed by atoms with Gasteiger partial charge in [-0.05, 0) is 56.4 Å². The van der Waals surface area contributed by atoms with Gasteiger partial charge in [0.25, 0.3) is 5.91 Å². The molecule has 0 aliphatic carbocycles. The van der Waals surface area contributed by atoms with Crippen LogP contribution in [0.5, 0.6) is 5.75 Å². The normalized spacial score (nSPS) is 12.7. The number of nitrogens with one attached hydrogen (secondary N) is 1. The summed E-state index contributed by atoms with van der Waals surface area (Å²) in [5.41, 5.74) is 1.83. The summed E-state index contributed by atoms with van der Waals surface area (Å²) in [6.45, 7) is 14.2. The molecular formula is C26H36N2O3. The first kappa shape index (κ1) is 24.4. The Kier molecular flexibility index (Phi) is 7.88. The average molecular weight is 425 g/mol. The van der Waals surface area contributed by atoms with Gasteiger partial charge in [0.1, 0.15) is 11.8 Å². The largest absolute Gasteiger partial charge is 0.484 e. The van der Waals surface area contributed by atoms with E-state index in [0.717, 1.165) is 5.56 Å². The van der Waals surface area contributed by atoms with Gasteiger partial charge in [0.05, 0.1) is 0 Å². The second-order valence-electron chi connectivity index (χ2n) is 9.99. The SMILES string of the molecule is C[C@H](C(=O)NC(C)(C)C)N(Cc1ccccc1)C(=O)COc1ccc(C(C)(C)C)cc1. The molecule has 0 heterocycles. The first-order valence-corrected chi connectivity index (χ1v) is 10.8. The Morgan fingerprint density at radius 1 is 0.935 bits per heavy atom. The highest BCUT2D eigenvalue weighted by Gasteiger charge is 2.28. The van der Waals surface area contributed by atoms with Crippen LogP contribution in [0.4, 0.5) is 0 Å². The summed E-state index contributed by atoms with van der Waals surface area (Å²) in [7, 11) is 0. The number of nitrogens with zero attached hydrogens (tertiary/aromatic N) is 1. The average Bonchev–Trinajstić information content (AvgIpc) is 2.69. The number of carbonyl (C=O) groups excluding carboxylic acids is 2. The van der Waals surface area contributed by atoms with Crippen molar-refractivity contribution in [2.24, 2.45) is 0 Å². The lowest BCUT2D eigenvalue weighted by Gasteiger charge is -2.31. The van der Waals surface area contributed by atoms with Crippen LogP contribution < -0.4 is 10.1 Å². The summed E-state index contributed by atoms with van der Waals surface area (Å²) in [5, 5.41) is 2.96. The van der Waals surface area contributed by atoms with Gasteiger partial charge >= 0.3 is 0 Å². The highest BCUT2D eigenvalue weighted by molar-refractivity contribution is 5.88. The Balaban J connectivity index is 2.12. The van der Waals surface area contributed by atoms with E-state index >= 15 is 0 Å². The maximum absolute atomic E-state index is 13.1. The molecule has 0 aliphatic rings. The van der Waals surface area contributed by atoms with E-state index in [2.05, 4.69) is 26.1 Å².